The first kappa shape index (κ1) is 17.5. The van der Waals surface area contributed by atoms with Crippen LogP contribution < -0.4 is 10.6 Å². The number of imide groups is 1. The summed E-state index contributed by atoms with van der Waals surface area (Å²) >= 11 is 6.32. The number of halogens is 1. The topological polar surface area (TPSA) is 87.7 Å². The third kappa shape index (κ3) is 2.05. The number of aryl methyl sites for hydroxylation is 1. The molecule has 3 heterocycles. The van der Waals surface area contributed by atoms with Gasteiger partial charge in [0.15, 0.2) is 0 Å². The summed E-state index contributed by atoms with van der Waals surface area (Å²) in [5.41, 5.74) is 0.763. The van der Waals surface area contributed by atoms with Crippen LogP contribution in [0.2, 0.25) is 5.02 Å². The highest BCUT2D eigenvalue weighted by molar-refractivity contribution is 6.35. The average Bonchev–Trinajstić information content (AvgIpc) is 3.13. The molecule has 3 aliphatic rings. The van der Waals surface area contributed by atoms with E-state index in [4.69, 9.17) is 16.3 Å². The predicted molar refractivity (Wildman–Crippen MR) is 94.7 cm³/mol. The summed E-state index contributed by atoms with van der Waals surface area (Å²) in [6.45, 7) is 4.16. The zero-order chi connectivity index (χ0) is 18.8. The van der Waals surface area contributed by atoms with Gasteiger partial charge in [0.25, 0.3) is 0 Å². The van der Waals surface area contributed by atoms with Gasteiger partial charge in [-0.1, -0.05) is 17.7 Å². The molecule has 7 nitrogen and oxygen atoms in total. The lowest BCUT2D eigenvalue weighted by molar-refractivity contribution is -0.143. The van der Waals surface area contributed by atoms with E-state index < -0.39 is 17.4 Å². The van der Waals surface area contributed by atoms with Crippen molar-refractivity contribution in [1.29, 1.82) is 0 Å². The molecular formula is C18H20ClN3O4. The number of carbonyl (C=O) groups excluding carboxylic acids is 3. The summed E-state index contributed by atoms with van der Waals surface area (Å²) in [6, 6.07) is 3.30. The first-order chi connectivity index (χ1) is 12.3. The van der Waals surface area contributed by atoms with E-state index in [2.05, 4.69) is 10.6 Å². The summed E-state index contributed by atoms with van der Waals surface area (Å²) in [5.74, 6) is -2.31. The minimum Gasteiger partial charge on any atom is -0.383 e. The molecule has 4 atom stereocenters. The van der Waals surface area contributed by atoms with Crippen LogP contribution in [0.25, 0.3) is 0 Å². The number of ether oxygens (including phenoxy) is 1. The summed E-state index contributed by atoms with van der Waals surface area (Å²) in [6.07, 6.45) is 0. The zero-order valence-electron chi connectivity index (χ0n) is 14.8. The van der Waals surface area contributed by atoms with E-state index >= 15 is 0 Å². The van der Waals surface area contributed by atoms with Crippen LogP contribution >= 0.6 is 11.6 Å². The molecule has 1 spiro atoms. The number of amides is 3. The van der Waals surface area contributed by atoms with Crippen LogP contribution in [-0.4, -0.2) is 48.9 Å². The average molecular weight is 378 g/mol. The van der Waals surface area contributed by atoms with Gasteiger partial charge in [-0.2, -0.15) is 0 Å². The smallest absolute Gasteiger partial charge is 0.250 e. The fraction of sp³-hybridized carbons (Fsp3) is 0.500. The summed E-state index contributed by atoms with van der Waals surface area (Å²) < 4.78 is 5.02. The number of methoxy groups -OCH3 is 1. The van der Waals surface area contributed by atoms with Crippen LogP contribution in [0.5, 0.6) is 0 Å². The lowest BCUT2D eigenvalue weighted by Crippen LogP contribution is -2.53. The van der Waals surface area contributed by atoms with Gasteiger partial charge in [0.05, 0.1) is 35.7 Å². The highest BCUT2D eigenvalue weighted by Crippen LogP contribution is 2.54. The Morgan fingerprint density at radius 2 is 2.00 bits per heavy atom. The molecule has 0 bridgehead atoms. The van der Waals surface area contributed by atoms with E-state index in [0.29, 0.717) is 16.3 Å². The van der Waals surface area contributed by atoms with Gasteiger partial charge in [-0.25, -0.2) is 0 Å². The number of carbonyl (C=O) groups is 3. The molecule has 4 unspecified atom stereocenters. The first-order valence-electron chi connectivity index (χ1n) is 8.57. The quantitative estimate of drug-likeness (QED) is 0.768. The van der Waals surface area contributed by atoms with Gasteiger partial charge in [0, 0.05) is 18.7 Å². The normalized spacial score (nSPS) is 32.4. The van der Waals surface area contributed by atoms with E-state index in [-0.39, 0.29) is 36.9 Å². The Labute approximate surface area is 156 Å². The molecule has 2 N–H and O–H groups in total. The molecule has 1 aromatic rings. The van der Waals surface area contributed by atoms with Gasteiger partial charge in [-0.05, 0) is 25.5 Å². The molecule has 3 aliphatic heterocycles. The Kier molecular flexibility index (Phi) is 3.87. The molecule has 0 aromatic heterocycles. The van der Waals surface area contributed by atoms with Gasteiger partial charge in [-0.15, -0.1) is 0 Å². The second-order valence-corrected chi connectivity index (χ2v) is 7.60. The predicted octanol–water partition coefficient (Wildman–Crippen LogP) is 1.04. The number of nitrogens with one attached hydrogen (secondary N) is 2. The summed E-state index contributed by atoms with van der Waals surface area (Å²) in [4.78, 5) is 40.3. The minimum absolute atomic E-state index is 0.188. The van der Waals surface area contributed by atoms with E-state index in [1.807, 2.05) is 19.9 Å². The SMILES string of the molecule is COCCN1C(=O)C2C(C)NC3(C(=O)Nc4c(Cl)cc(C)cc43)C2C1=O. The number of benzene rings is 1. The number of fused-ring (bicyclic) bond motifs is 4. The van der Waals surface area contributed by atoms with Crippen LogP contribution in [0.1, 0.15) is 18.1 Å². The molecule has 4 rings (SSSR count). The van der Waals surface area contributed by atoms with Crippen molar-refractivity contribution in [2.75, 3.05) is 25.6 Å². The summed E-state index contributed by atoms with van der Waals surface area (Å²) in [5, 5.41) is 6.50. The van der Waals surface area contributed by atoms with Crippen LogP contribution in [-0.2, 0) is 24.7 Å². The van der Waals surface area contributed by atoms with E-state index in [1.54, 1.807) is 6.07 Å². The Bertz CT molecular complexity index is 842. The zero-order valence-corrected chi connectivity index (χ0v) is 15.5. The number of nitrogens with zero attached hydrogens (tertiary/aromatic N) is 1. The van der Waals surface area contributed by atoms with E-state index in [0.717, 1.165) is 5.56 Å². The molecular weight excluding hydrogens is 358 g/mol. The maximum Gasteiger partial charge on any atom is 0.250 e. The van der Waals surface area contributed by atoms with E-state index in [9.17, 15) is 14.4 Å². The van der Waals surface area contributed by atoms with Crippen LogP contribution in [0.4, 0.5) is 5.69 Å². The van der Waals surface area contributed by atoms with Crippen molar-refractivity contribution in [3.05, 3.63) is 28.3 Å². The number of likely N-dealkylation sites (tertiary alicyclic amines) is 1. The van der Waals surface area contributed by atoms with Gasteiger partial charge >= 0.3 is 0 Å². The van der Waals surface area contributed by atoms with Crippen molar-refractivity contribution in [3.8, 4) is 0 Å². The van der Waals surface area contributed by atoms with Gasteiger partial charge in [0.2, 0.25) is 17.7 Å². The maximum atomic E-state index is 13.1. The third-order valence-electron chi connectivity index (χ3n) is 5.68. The molecule has 138 valence electrons. The fourth-order valence-corrected chi connectivity index (χ4v) is 4.94. The minimum atomic E-state index is -1.27. The monoisotopic (exact) mass is 377 g/mol. The molecule has 0 radical (unpaired) electrons. The van der Waals surface area contributed by atoms with Crippen molar-refractivity contribution >= 4 is 35.0 Å². The Hall–Kier alpha value is -1.96. The second kappa shape index (κ2) is 5.77. The fourth-order valence-electron chi connectivity index (χ4n) is 4.62. The lowest BCUT2D eigenvalue weighted by atomic mass is 9.76. The van der Waals surface area contributed by atoms with E-state index in [1.165, 1.54) is 12.0 Å². The molecule has 1 aromatic carbocycles. The van der Waals surface area contributed by atoms with Crippen molar-refractivity contribution in [2.24, 2.45) is 11.8 Å². The number of hydrogen-bond donors (Lipinski definition) is 2. The van der Waals surface area contributed by atoms with Crippen LogP contribution in [0, 0.1) is 18.8 Å². The molecule has 0 saturated carbocycles. The lowest BCUT2D eigenvalue weighted by Gasteiger charge is -2.29. The van der Waals surface area contributed by atoms with Crippen LogP contribution in [0.3, 0.4) is 0 Å². The third-order valence-corrected chi connectivity index (χ3v) is 5.98. The van der Waals surface area contributed by atoms with Crippen molar-refractivity contribution in [3.63, 3.8) is 0 Å². The number of rotatable bonds is 3. The molecule has 0 aliphatic carbocycles. The molecule has 26 heavy (non-hydrogen) atoms. The molecule has 8 heteroatoms. The second-order valence-electron chi connectivity index (χ2n) is 7.19. The molecule has 2 saturated heterocycles. The van der Waals surface area contributed by atoms with Gasteiger partial charge < -0.3 is 10.1 Å². The standard InChI is InChI=1S/C18H20ClN3O4/c1-8-6-10-14(11(19)7-8)20-17(25)18(10)13-12(9(2)21-18)15(23)22(16(13)24)4-5-26-3/h6-7,9,12-13,21H,4-5H2,1-3H3,(H,20,25). The first-order valence-corrected chi connectivity index (χ1v) is 8.94. The molecule has 3 amide bonds. The van der Waals surface area contributed by atoms with Crippen molar-refractivity contribution in [1.82, 2.24) is 10.2 Å². The van der Waals surface area contributed by atoms with Gasteiger partial charge in [0.1, 0.15) is 5.54 Å². The largest absolute Gasteiger partial charge is 0.383 e. The summed E-state index contributed by atoms with van der Waals surface area (Å²) in [7, 11) is 1.52. The molecule has 2 fully saturated rings. The van der Waals surface area contributed by atoms with Crippen molar-refractivity contribution < 1.29 is 19.1 Å². The highest BCUT2D eigenvalue weighted by Gasteiger charge is 2.69. The van der Waals surface area contributed by atoms with Gasteiger partial charge in [-0.3, -0.25) is 24.6 Å². The Morgan fingerprint density at radius 3 is 2.69 bits per heavy atom. The van der Waals surface area contributed by atoms with Crippen molar-refractivity contribution in [2.45, 2.75) is 25.4 Å². The number of anilines is 1. The Balaban J connectivity index is 1.86. The highest BCUT2D eigenvalue weighted by atomic mass is 35.5. The maximum absolute atomic E-state index is 13.1. The Morgan fingerprint density at radius 1 is 1.27 bits per heavy atom. The number of hydrogen-bond acceptors (Lipinski definition) is 5. The van der Waals surface area contributed by atoms with Crippen LogP contribution in [0.15, 0.2) is 12.1 Å².